The molecule has 6 heteroatoms. The van der Waals surface area contributed by atoms with Crippen LogP contribution >= 0.6 is 0 Å². The molecule has 0 radical (unpaired) electrons. The predicted octanol–water partition coefficient (Wildman–Crippen LogP) is 1.81. The highest BCUT2D eigenvalue weighted by molar-refractivity contribution is 5.39. The topological polar surface area (TPSA) is 69.4 Å². The van der Waals surface area contributed by atoms with Crippen molar-refractivity contribution >= 4 is 0 Å². The zero-order valence-electron chi connectivity index (χ0n) is 11.7. The zero-order chi connectivity index (χ0) is 14.4. The second kappa shape index (κ2) is 6.91. The minimum absolute atomic E-state index is 0.450. The van der Waals surface area contributed by atoms with Gasteiger partial charge in [0.1, 0.15) is 12.3 Å². The van der Waals surface area contributed by atoms with E-state index in [0.29, 0.717) is 36.8 Å². The van der Waals surface area contributed by atoms with E-state index in [0.717, 1.165) is 0 Å². The van der Waals surface area contributed by atoms with Gasteiger partial charge in [-0.15, -0.1) is 5.10 Å². The van der Waals surface area contributed by atoms with Crippen molar-refractivity contribution in [3.05, 3.63) is 36.2 Å². The quantitative estimate of drug-likeness (QED) is 0.836. The SMILES string of the molecule is CCC(O)c1cn(CCOc2ccccc2OC)nn1. The van der Waals surface area contributed by atoms with Crippen LogP contribution < -0.4 is 9.47 Å². The van der Waals surface area contributed by atoms with E-state index in [-0.39, 0.29) is 0 Å². The number of aliphatic hydroxyl groups is 1. The molecular weight excluding hydrogens is 258 g/mol. The molecule has 2 aromatic rings. The third kappa shape index (κ3) is 3.48. The van der Waals surface area contributed by atoms with E-state index in [1.165, 1.54) is 0 Å². The molecule has 1 aromatic heterocycles. The van der Waals surface area contributed by atoms with Gasteiger partial charge in [0.25, 0.3) is 0 Å². The second-order valence-corrected chi connectivity index (χ2v) is 4.33. The lowest BCUT2D eigenvalue weighted by molar-refractivity contribution is 0.168. The number of benzene rings is 1. The number of methoxy groups -OCH3 is 1. The Kier molecular flexibility index (Phi) is 4.95. The van der Waals surface area contributed by atoms with Gasteiger partial charge in [0.05, 0.1) is 26.0 Å². The van der Waals surface area contributed by atoms with Crippen LogP contribution in [0, 0.1) is 0 Å². The van der Waals surface area contributed by atoms with E-state index < -0.39 is 6.10 Å². The fraction of sp³-hybridized carbons (Fsp3) is 0.429. The van der Waals surface area contributed by atoms with Crippen molar-refractivity contribution < 1.29 is 14.6 Å². The number of nitrogens with zero attached hydrogens (tertiary/aromatic N) is 3. The largest absolute Gasteiger partial charge is 0.493 e. The van der Waals surface area contributed by atoms with Gasteiger partial charge in [-0.2, -0.15) is 0 Å². The van der Waals surface area contributed by atoms with Crippen molar-refractivity contribution in [3.8, 4) is 11.5 Å². The van der Waals surface area contributed by atoms with Gasteiger partial charge in [-0.25, -0.2) is 4.68 Å². The number of para-hydroxylation sites is 2. The molecule has 2 rings (SSSR count). The summed E-state index contributed by atoms with van der Waals surface area (Å²) in [7, 11) is 1.61. The fourth-order valence-electron chi connectivity index (χ4n) is 1.77. The first-order valence-corrected chi connectivity index (χ1v) is 6.58. The van der Waals surface area contributed by atoms with Crippen LogP contribution in [0.1, 0.15) is 25.1 Å². The summed E-state index contributed by atoms with van der Waals surface area (Å²) in [6, 6.07) is 7.48. The van der Waals surface area contributed by atoms with E-state index in [1.54, 1.807) is 18.0 Å². The molecule has 20 heavy (non-hydrogen) atoms. The molecule has 1 N–H and O–H groups in total. The maximum Gasteiger partial charge on any atom is 0.161 e. The predicted molar refractivity (Wildman–Crippen MR) is 73.8 cm³/mol. The lowest BCUT2D eigenvalue weighted by Gasteiger charge is -2.09. The molecule has 0 saturated heterocycles. The summed E-state index contributed by atoms with van der Waals surface area (Å²) >= 11 is 0. The van der Waals surface area contributed by atoms with E-state index in [4.69, 9.17) is 9.47 Å². The molecule has 0 aliphatic rings. The molecule has 0 aliphatic carbocycles. The van der Waals surface area contributed by atoms with Crippen molar-refractivity contribution in [2.24, 2.45) is 0 Å². The molecule has 0 fully saturated rings. The van der Waals surface area contributed by atoms with Crippen LogP contribution in [0.25, 0.3) is 0 Å². The van der Waals surface area contributed by atoms with Gasteiger partial charge in [0.15, 0.2) is 11.5 Å². The normalized spacial score (nSPS) is 12.2. The molecule has 0 bridgehead atoms. The van der Waals surface area contributed by atoms with Gasteiger partial charge < -0.3 is 14.6 Å². The first-order chi connectivity index (χ1) is 9.74. The van der Waals surface area contributed by atoms with Crippen LogP contribution in [0.4, 0.5) is 0 Å². The first-order valence-electron chi connectivity index (χ1n) is 6.58. The number of hydrogen-bond acceptors (Lipinski definition) is 5. The lowest BCUT2D eigenvalue weighted by Crippen LogP contribution is -2.09. The summed E-state index contributed by atoms with van der Waals surface area (Å²) in [4.78, 5) is 0. The summed E-state index contributed by atoms with van der Waals surface area (Å²) in [5.41, 5.74) is 0.588. The fourth-order valence-corrected chi connectivity index (χ4v) is 1.77. The monoisotopic (exact) mass is 277 g/mol. The average Bonchev–Trinajstić information content (AvgIpc) is 2.96. The molecule has 0 saturated carbocycles. The van der Waals surface area contributed by atoms with Crippen molar-refractivity contribution in [1.82, 2.24) is 15.0 Å². The van der Waals surface area contributed by atoms with Gasteiger partial charge in [-0.3, -0.25) is 0 Å². The van der Waals surface area contributed by atoms with Gasteiger partial charge >= 0.3 is 0 Å². The second-order valence-electron chi connectivity index (χ2n) is 4.33. The van der Waals surface area contributed by atoms with Crippen molar-refractivity contribution in [3.63, 3.8) is 0 Å². The first kappa shape index (κ1) is 14.3. The minimum Gasteiger partial charge on any atom is -0.493 e. The maximum absolute atomic E-state index is 9.65. The Morgan fingerprint density at radius 1 is 1.30 bits per heavy atom. The van der Waals surface area contributed by atoms with E-state index in [1.807, 2.05) is 31.2 Å². The molecule has 1 heterocycles. The minimum atomic E-state index is -0.557. The summed E-state index contributed by atoms with van der Waals surface area (Å²) in [5, 5.41) is 17.5. The van der Waals surface area contributed by atoms with Crippen LogP contribution in [0.2, 0.25) is 0 Å². The summed E-state index contributed by atoms with van der Waals surface area (Å²) in [5.74, 6) is 1.40. The smallest absolute Gasteiger partial charge is 0.161 e. The number of ether oxygens (including phenoxy) is 2. The Balaban J connectivity index is 1.88. The van der Waals surface area contributed by atoms with E-state index in [9.17, 15) is 5.11 Å². The summed E-state index contributed by atoms with van der Waals surface area (Å²) in [6.07, 6.45) is 1.80. The molecule has 1 atom stereocenters. The lowest BCUT2D eigenvalue weighted by atomic mass is 10.2. The standard InChI is InChI=1S/C14H19N3O3/c1-3-12(18)11-10-17(16-15-11)8-9-20-14-7-5-4-6-13(14)19-2/h4-7,10,12,18H,3,8-9H2,1-2H3. The van der Waals surface area contributed by atoms with Crippen molar-refractivity contribution in [2.45, 2.75) is 26.0 Å². The van der Waals surface area contributed by atoms with Crippen LogP contribution in [-0.2, 0) is 6.54 Å². The number of rotatable bonds is 7. The zero-order valence-corrected chi connectivity index (χ0v) is 11.7. The highest BCUT2D eigenvalue weighted by Crippen LogP contribution is 2.25. The van der Waals surface area contributed by atoms with E-state index in [2.05, 4.69) is 10.3 Å². The van der Waals surface area contributed by atoms with Crippen LogP contribution in [-0.4, -0.2) is 33.8 Å². The van der Waals surface area contributed by atoms with Gasteiger partial charge in [-0.05, 0) is 18.6 Å². The Morgan fingerprint density at radius 2 is 2.05 bits per heavy atom. The molecule has 6 nitrogen and oxygen atoms in total. The molecule has 0 amide bonds. The van der Waals surface area contributed by atoms with Gasteiger partial charge in [-0.1, -0.05) is 24.3 Å². The summed E-state index contributed by atoms with van der Waals surface area (Å²) < 4.78 is 12.5. The molecule has 1 unspecified atom stereocenters. The molecule has 1 aromatic carbocycles. The summed E-state index contributed by atoms with van der Waals surface area (Å²) in [6.45, 7) is 2.90. The number of hydrogen-bond donors (Lipinski definition) is 1. The molecule has 0 aliphatic heterocycles. The average molecular weight is 277 g/mol. The van der Waals surface area contributed by atoms with Crippen molar-refractivity contribution in [1.29, 1.82) is 0 Å². The number of aliphatic hydroxyl groups excluding tert-OH is 1. The van der Waals surface area contributed by atoms with Crippen molar-refractivity contribution in [2.75, 3.05) is 13.7 Å². The number of aromatic nitrogens is 3. The molecule has 108 valence electrons. The van der Waals surface area contributed by atoms with Gasteiger partial charge in [0, 0.05) is 0 Å². The Morgan fingerprint density at radius 3 is 2.75 bits per heavy atom. The van der Waals surface area contributed by atoms with Crippen LogP contribution in [0.5, 0.6) is 11.5 Å². The molecular formula is C14H19N3O3. The Labute approximate surface area is 117 Å². The Bertz CT molecular complexity index is 542. The highest BCUT2D eigenvalue weighted by Gasteiger charge is 2.09. The third-order valence-corrected chi connectivity index (χ3v) is 2.93. The molecule has 0 spiro atoms. The van der Waals surface area contributed by atoms with Crippen LogP contribution in [0.15, 0.2) is 30.5 Å². The highest BCUT2D eigenvalue weighted by atomic mass is 16.5. The van der Waals surface area contributed by atoms with Crippen LogP contribution in [0.3, 0.4) is 0 Å². The van der Waals surface area contributed by atoms with Gasteiger partial charge in [0.2, 0.25) is 0 Å². The van der Waals surface area contributed by atoms with E-state index >= 15 is 0 Å². The Hall–Kier alpha value is -2.08. The third-order valence-electron chi connectivity index (χ3n) is 2.93. The maximum atomic E-state index is 9.65.